The predicted molar refractivity (Wildman–Crippen MR) is 61.6 cm³/mol. The fourth-order valence-electron chi connectivity index (χ4n) is 1.65. The SMILES string of the molecule is CC1(C)C=Cc2cc(C#N)c([N+](=O)[O-])cc2O1. The Hall–Kier alpha value is -2.35. The molecule has 17 heavy (non-hydrogen) atoms. The zero-order valence-electron chi connectivity index (χ0n) is 9.43. The molecule has 0 N–H and O–H groups in total. The summed E-state index contributed by atoms with van der Waals surface area (Å²) in [5.41, 5.74) is 0.0141. The van der Waals surface area contributed by atoms with Crippen LogP contribution in [-0.4, -0.2) is 10.5 Å². The molecule has 0 saturated carbocycles. The molecule has 0 saturated heterocycles. The van der Waals surface area contributed by atoms with Crippen LogP contribution in [0.15, 0.2) is 18.2 Å². The van der Waals surface area contributed by atoms with Crippen molar-refractivity contribution in [1.29, 1.82) is 5.26 Å². The van der Waals surface area contributed by atoms with Gasteiger partial charge in [-0.2, -0.15) is 5.26 Å². The Morgan fingerprint density at radius 3 is 2.76 bits per heavy atom. The van der Waals surface area contributed by atoms with Crippen LogP contribution >= 0.6 is 0 Å². The van der Waals surface area contributed by atoms with Gasteiger partial charge in [0.25, 0.3) is 5.69 Å². The molecule has 0 amide bonds. The second-order valence-corrected chi connectivity index (χ2v) is 4.31. The smallest absolute Gasteiger partial charge is 0.290 e. The lowest BCUT2D eigenvalue weighted by atomic mass is 10.00. The number of nitrogens with zero attached hydrogens (tertiary/aromatic N) is 2. The Kier molecular flexibility index (Phi) is 2.36. The van der Waals surface area contributed by atoms with Gasteiger partial charge in [-0.25, -0.2) is 0 Å². The molecule has 1 aliphatic heterocycles. The van der Waals surface area contributed by atoms with E-state index in [2.05, 4.69) is 0 Å². The molecule has 2 rings (SSSR count). The molecule has 1 heterocycles. The summed E-state index contributed by atoms with van der Waals surface area (Å²) in [7, 11) is 0. The minimum atomic E-state index is -0.576. The van der Waals surface area contributed by atoms with Crippen LogP contribution in [0.3, 0.4) is 0 Å². The molecular weight excluding hydrogens is 220 g/mol. The summed E-state index contributed by atoms with van der Waals surface area (Å²) in [6.07, 6.45) is 3.66. The van der Waals surface area contributed by atoms with Crippen LogP contribution in [0.1, 0.15) is 25.0 Å². The largest absolute Gasteiger partial charge is 0.483 e. The third-order valence-electron chi connectivity index (χ3n) is 2.48. The number of ether oxygens (including phenoxy) is 1. The molecule has 0 radical (unpaired) electrons. The monoisotopic (exact) mass is 230 g/mol. The Balaban J connectivity index is 2.61. The fraction of sp³-hybridized carbons (Fsp3) is 0.250. The molecule has 0 spiro atoms. The van der Waals surface area contributed by atoms with Gasteiger partial charge in [-0.15, -0.1) is 0 Å². The second kappa shape index (κ2) is 3.59. The van der Waals surface area contributed by atoms with Gasteiger partial charge in [0.05, 0.1) is 11.0 Å². The lowest BCUT2D eigenvalue weighted by Crippen LogP contribution is -2.27. The summed E-state index contributed by atoms with van der Waals surface area (Å²) in [4.78, 5) is 10.2. The topological polar surface area (TPSA) is 76.2 Å². The molecule has 1 aromatic carbocycles. The van der Waals surface area contributed by atoms with Crippen molar-refractivity contribution in [2.75, 3.05) is 0 Å². The van der Waals surface area contributed by atoms with Crippen molar-refractivity contribution in [1.82, 2.24) is 0 Å². The number of nitriles is 1. The first kappa shape index (κ1) is 11.1. The number of benzene rings is 1. The molecule has 0 bridgehead atoms. The van der Waals surface area contributed by atoms with E-state index in [1.165, 1.54) is 12.1 Å². The zero-order valence-corrected chi connectivity index (χ0v) is 9.43. The summed E-state index contributed by atoms with van der Waals surface area (Å²) in [6.45, 7) is 3.72. The van der Waals surface area contributed by atoms with E-state index in [9.17, 15) is 10.1 Å². The van der Waals surface area contributed by atoms with Crippen molar-refractivity contribution in [3.63, 3.8) is 0 Å². The number of hydrogen-bond donors (Lipinski definition) is 0. The quantitative estimate of drug-likeness (QED) is 0.549. The van der Waals surface area contributed by atoms with E-state index >= 15 is 0 Å². The van der Waals surface area contributed by atoms with Gasteiger partial charge in [0, 0.05) is 5.56 Å². The standard InChI is InChI=1S/C12H10N2O3/c1-12(2)4-3-8-5-9(7-13)10(14(15)16)6-11(8)17-12/h3-6H,1-2H3. The first-order chi connectivity index (χ1) is 7.93. The van der Waals surface area contributed by atoms with E-state index in [1.807, 2.05) is 32.1 Å². The van der Waals surface area contributed by atoms with E-state index in [0.29, 0.717) is 11.3 Å². The molecule has 5 nitrogen and oxygen atoms in total. The van der Waals surface area contributed by atoms with Crippen molar-refractivity contribution in [2.24, 2.45) is 0 Å². The zero-order chi connectivity index (χ0) is 12.6. The number of nitro benzene ring substituents is 1. The minimum absolute atomic E-state index is 0.0432. The first-order valence-electron chi connectivity index (χ1n) is 5.04. The Morgan fingerprint density at radius 2 is 2.18 bits per heavy atom. The summed E-state index contributed by atoms with van der Waals surface area (Å²) >= 11 is 0. The van der Waals surface area contributed by atoms with Crippen LogP contribution < -0.4 is 4.74 Å². The lowest BCUT2D eigenvalue weighted by molar-refractivity contribution is -0.385. The van der Waals surface area contributed by atoms with Gasteiger partial charge in [-0.1, -0.05) is 6.08 Å². The Bertz CT molecular complexity index is 568. The average Bonchev–Trinajstić information content (AvgIpc) is 2.26. The molecule has 5 heteroatoms. The van der Waals surface area contributed by atoms with E-state index in [-0.39, 0.29) is 11.3 Å². The highest BCUT2D eigenvalue weighted by Gasteiger charge is 2.25. The van der Waals surface area contributed by atoms with Gasteiger partial charge in [-0.3, -0.25) is 10.1 Å². The van der Waals surface area contributed by atoms with Crippen molar-refractivity contribution in [3.05, 3.63) is 39.4 Å². The molecule has 1 aliphatic rings. The Morgan fingerprint density at radius 1 is 1.47 bits per heavy atom. The minimum Gasteiger partial charge on any atom is -0.483 e. The van der Waals surface area contributed by atoms with Crippen molar-refractivity contribution < 1.29 is 9.66 Å². The van der Waals surface area contributed by atoms with E-state index in [4.69, 9.17) is 10.00 Å². The number of fused-ring (bicyclic) bond motifs is 1. The number of hydrogen-bond acceptors (Lipinski definition) is 4. The molecule has 0 aromatic heterocycles. The maximum Gasteiger partial charge on any atom is 0.290 e. The fourth-order valence-corrected chi connectivity index (χ4v) is 1.65. The first-order valence-corrected chi connectivity index (χ1v) is 5.04. The van der Waals surface area contributed by atoms with Crippen molar-refractivity contribution in [3.8, 4) is 11.8 Å². The highest BCUT2D eigenvalue weighted by Crippen LogP contribution is 2.35. The summed E-state index contributed by atoms with van der Waals surface area (Å²) < 4.78 is 5.61. The van der Waals surface area contributed by atoms with E-state index in [1.54, 1.807) is 0 Å². The molecule has 0 unspecified atom stereocenters. The third-order valence-corrected chi connectivity index (χ3v) is 2.48. The summed E-state index contributed by atoms with van der Waals surface area (Å²) in [5.74, 6) is 0.434. The van der Waals surface area contributed by atoms with Crippen LogP contribution in [0, 0.1) is 21.4 Å². The van der Waals surface area contributed by atoms with Gasteiger partial charge in [0.2, 0.25) is 0 Å². The molecule has 0 atom stereocenters. The lowest BCUT2D eigenvalue weighted by Gasteiger charge is -2.27. The van der Waals surface area contributed by atoms with Gasteiger partial charge in [0.1, 0.15) is 23.0 Å². The number of nitro groups is 1. The van der Waals surface area contributed by atoms with Gasteiger partial charge >= 0.3 is 0 Å². The van der Waals surface area contributed by atoms with E-state index < -0.39 is 10.5 Å². The molecule has 86 valence electrons. The third kappa shape index (κ3) is 1.97. The van der Waals surface area contributed by atoms with Gasteiger partial charge in [-0.05, 0) is 26.0 Å². The highest BCUT2D eigenvalue weighted by molar-refractivity contribution is 5.67. The molecular formula is C12H10N2O3. The van der Waals surface area contributed by atoms with Crippen LogP contribution in [0.25, 0.3) is 6.08 Å². The van der Waals surface area contributed by atoms with Crippen LogP contribution in [0.5, 0.6) is 5.75 Å². The Labute approximate surface area is 98.1 Å². The molecule has 1 aromatic rings. The van der Waals surface area contributed by atoms with Gasteiger partial charge in [0.15, 0.2) is 0 Å². The predicted octanol–water partition coefficient (Wildman–Crippen LogP) is 2.65. The molecule has 0 aliphatic carbocycles. The molecule has 0 fully saturated rings. The summed E-state index contributed by atoms with van der Waals surface area (Å²) in [6, 6.07) is 4.59. The normalized spacial score (nSPS) is 15.6. The summed E-state index contributed by atoms with van der Waals surface area (Å²) in [5, 5.41) is 19.7. The average molecular weight is 230 g/mol. The van der Waals surface area contributed by atoms with Crippen LogP contribution in [-0.2, 0) is 0 Å². The highest BCUT2D eigenvalue weighted by atomic mass is 16.6. The van der Waals surface area contributed by atoms with E-state index in [0.717, 1.165) is 0 Å². The number of rotatable bonds is 1. The maximum atomic E-state index is 10.8. The van der Waals surface area contributed by atoms with Crippen molar-refractivity contribution in [2.45, 2.75) is 19.4 Å². The van der Waals surface area contributed by atoms with Crippen LogP contribution in [0.2, 0.25) is 0 Å². The maximum absolute atomic E-state index is 10.8. The van der Waals surface area contributed by atoms with Crippen LogP contribution in [0.4, 0.5) is 5.69 Å². The second-order valence-electron chi connectivity index (χ2n) is 4.31. The van der Waals surface area contributed by atoms with Crippen molar-refractivity contribution >= 4 is 11.8 Å². The van der Waals surface area contributed by atoms with Gasteiger partial charge < -0.3 is 4.74 Å².